The van der Waals surface area contributed by atoms with Crippen LogP contribution in [0.15, 0.2) is 30.3 Å². The molecule has 0 bridgehead atoms. The average molecular weight is 362 g/mol. The molecule has 0 radical (unpaired) electrons. The maximum absolute atomic E-state index is 12.5. The molecule has 3 unspecified atom stereocenters. The average Bonchev–Trinajstić information content (AvgIpc) is 2.60. The number of carbonyl (C=O) groups excluding carboxylic acids is 1. The third kappa shape index (κ3) is 5.47. The third-order valence-corrected chi connectivity index (χ3v) is 6.46. The lowest BCUT2D eigenvalue weighted by atomic mass is 9.85. The number of carbonyl (C=O) groups is 1. The number of benzene rings is 1. The zero-order chi connectivity index (χ0) is 17.6. The Balaban J connectivity index is 1.49. The van der Waals surface area contributed by atoms with Gasteiger partial charge in [0.05, 0.1) is 0 Å². The molecular weight excluding hydrogens is 330 g/mol. The fourth-order valence-corrected chi connectivity index (χ4v) is 5.10. The minimum absolute atomic E-state index is 0.209. The number of piperidine rings is 1. The van der Waals surface area contributed by atoms with Crippen LogP contribution in [-0.2, 0) is 11.3 Å². The van der Waals surface area contributed by atoms with Crippen molar-refractivity contribution in [2.75, 3.05) is 31.1 Å². The van der Waals surface area contributed by atoms with E-state index in [-0.39, 0.29) is 11.9 Å². The summed E-state index contributed by atoms with van der Waals surface area (Å²) >= 11 is 1.94. The molecule has 2 heterocycles. The van der Waals surface area contributed by atoms with Crippen molar-refractivity contribution in [1.82, 2.24) is 15.5 Å². The van der Waals surface area contributed by atoms with Crippen LogP contribution in [0.5, 0.6) is 0 Å². The van der Waals surface area contributed by atoms with Crippen LogP contribution in [0, 0.1) is 11.8 Å². The van der Waals surface area contributed by atoms with Gasteiger partial charge in [-0.05, 0) is 17.4 Å². The Morgan fingerprint density at radius 3 is 2.60 bits per heavy atom. The molecule has 2 aliphatic heterocycles. The van der Waals surface area contributed by atoms with Gasteiger partial charge in [0.15, 0.2) is 0 Å². The van der Waals surface area contributed by atoms with Crippen molar-refractivity contribution in [1.29, 1.82) is 0 Å². The van der Waals surface area contributed by atoms with Crippen LogP contribution in [0.25, 0.3) is 0 Å². The molecule has 3 rings (SSSR count). The van der Waals surface area contributed by atoms with Gasteiger partial charge in [0, 0.05) is 56.2 Å². The molecule has 0 aromatic heterocycles. The molecule has 0 aliphatic carbocycles. The lowest BCUT2D eigenvalue weighted by molar-refractivity contribution is -0.123. The summed E-state index contributed by atoms with van der Waals surface area (Å²) in [6.07, 6.45) is 0.608. The second kappa shape index (κ2) is 9.06. The van der Waals surface area contributed by atoms with E-state index in [1.54, 1.807) is 0 Å². The van der Waals surface area contributed by atoms with Crippen LogP contribution >= 0.6 is 11.8 Å². The Kier molecular flexibility index (Phi) is 6.79. The van der Waals surface area contributed by atoms with Crippen LogP contribution in [0.2, 0.25) is 0 Å². The Bertz CT molecular complexity index is 535. The third-order valence-electron chi connectivity index (χ3n) is 5.33. The molecule has 2 saturated heterocycles. The molecule has 3 atom stereocenters. The highest BCUT2D eigenvalue weighted by Gasteiger charge is 2.33. The number of rotatable bonds is 5. The summed E-state index contributed by atoms with van der Waals surface area (Å²) in [6, 6.07) is 11.3. The smallest absolute Gasteiger partial charge is 0.221 e. The number of amides is 1. The molecule has 1 amide bonds. The summed E-state index contributed by atoms with van der Waals surface area (Å²) in [4.78, 5) is 15.0. The van der Waals surface area contributed by atoms with Crippen molar-refractivity contribution in [2.45, 2.75) is 38.9 Å². The van der Waals surface area contributed by atoms with Gasteiger partial charge in [-0.25, -0.2) is 0 Å². The van der Waals surface area contributed by atoms with Gasteiger partial charge in [0.1, 0.15) is 0 Å². The zero-order valence-corrected chi connectivity index (χ0v) is 16.2. The molecule has 2 fully saturated rings. The van der Waals surface area contributed by atoms with E-state index >= 15 is 0 Å². The van der Waals surface area contributed by atoms with Gasteiger partial charge < -0.3 is 10.6 Å². The zero-order valence-electron chi connectivity index (χ0n) is 15.4. The molecule has 4 nitrogen and oxygen atoms in total. The van der Waals surface area contributed by atoms with Crippen LogP contribution < -0.4 is 10.6 Å². The molecule has 0 spiro atoms. The highest BCUT2D eigenvalue weighted by atomic mass is 32.2. The Labute approximate surface area is 156 Å². The number of hydrogen-bond acceptors (Lipinski definition) is 4. The molecule has 2 N–H and O–H groups in total. The topological polar surface area (TPSA) is 44.4 Å². The van der Waals surface area contributed by atoms with E-state index in [4.69, 9.17) is 0 Å². The van der Waals surface area contributed by atoms with Gasteiger partial charge >= 0.3 is 0 Å². The van der Waals surface area contributed by atoms with E-state index in [1.807, 2.05) is 11.8 Å². The highest BCUT2D eigenvalue weighted by molar-refractivity contribution is 7.99. The van der Waals surface area contributed by atoms with Gasteiger partial charge in [-0.15, -0.1) is 0 Å². The van der Waals surface area contributed by atoms with E-state index in [9.17, 15) is 4.79 Å². The molecular formula is C20H31N3OS. The van der Waals surface area contributed by atoms with Crippen LogP contribution in [0.3, 0.4) is 0 Å². The number of likely N-dealkylation sites (tertiary alicyclic amines) is 1. The molecule has 25 heavy (non-hydrogen) atoms. The van der Waals surface area contributed by atoms with Gasteiger partial charge in [0.2, 0.25) is 5.91 Å². The van der Waals surface area contributed by atoms with Crippen molar-refractivity contribution in [2.24, 2.45) is 11.8 Å². The molecule has 138 valence electrons. The summed E-state index contributed by atoms with van der Waals surface area (Å²) in [5, 5.41) is 6.79. The predicted molar refractivity (Wildman–Crippen MR) is 106 cm³/mol. The standard InChI is InChI=1S/C20H31N3OS/c1-15-11-23(13-17-6-4-3-5-7-17)12-16(2)20(15)22-19(24)10-18-14-25-9-8-21-18/h3-7,15-16,18,20-21H,8-14H2,1-2H3,(H,22,24). The first-order valence-corrected chi connectivity index (χ1v) is 10.6. The van der Waals surface area contributed by atoms with Gasteiger partial charge in [0.25, 0.3) is 0 Å². The second-order valence-corrected chi connectivity index (χ2v) is 8.81. The molecule has 2 aliphatic rings. The van der Waals surface area contributed by atoms with Crippen molar-refractivity contribution in [3.63, 3.8) is 0 Å². The highest BCUT2D eigenvalue weighted by Crippen LogP contribution is 2.24. The second-order valence-electron chi connectivity index (χ2n) is 7.66. The molecule has 1 aromatic carbocycles. The fraction of sp³-hybridized carbons (Fsp3) is 0.650. The number of nitrogens with zero attached hydrogens (tertiary/aromatic N) is 1. The van der Waals surface area contributed by atoms with E-state index in [1.165, 1.54) is 5.56 Å². The Hall–Kier alpha value is -1.04. The Morgan fingerprint density at radius 1 is 1.24 bits per heavy atom. The van der Waals surface area contributed by atoms with Crippen LogP contribution in [0.1, 0.15) is 25.8 Å². The lowest BCUT2D eigenvalue weighted by Gasteiger charge is -2.42. The first kappa shape index (κ1) is 18.7. The molecule has 5 heteroatoms. The first-order chi connectivity index (χ1) is 12.1. The van der Waals surface area contributed by atoms with Crippen molar-refractivity contribution in [3.05, 3.63) is 35.9 Å². The van der Waals surface area contributed by atoms with Gasteiger partial charge in [-0.2, -0.15) is 11.8 Å². The van der Waals surface area contributed by atoms with Crippen LogP contribution in [-0.4, -0.2) is 54.0 Å². The summed E-state index contributed by atoms with van der Waals surface area (Å²) in [6.45, 7) is 8.65. The van der Waals surface area contributed by atoms with Crippen LogP contribution in [0.4, 0.5) is 0 Å². The fourth-order valence-electron chi connectivity index (χ4n) is 4.15. The number of nitrogens with one attached hydrogen (secondary N) is 2. The van der Waals surface area contributed by atoms with Gasteiger partial charge in [-0.1, -0.05) is 44.2 Å². The van der Waals surface area contributed by atoms with E-state index in [0.717, 1.165) is 37.7 Å². The summed E-state index contributed by atoms with van der Waals surface area (Å²) in [7, 11) is 0. The lowest BCUT2D eigenvalue weighted by Crippen LogP contribution is -2.55. The van der Waals surface area contributed by atoms with E-state index < -0.39 is 0 Å². The summed E-state index contributed by atoms with van der Waals surface area (Å²) in [5.41, 5.74) is 1.37. The quantitative estimate of drug-likeness (QED) is 0.845. The van der Waals surface area contributed by atoms with E-state index in [2.05, 4.69) is 59.7 Å². The van der Waals surface area contributed by atoms with Crippen molar-refractivity contribution < 1.29 is 4.79 Å². The minimum atomic E-state index is 0.209. The summed E-state index contributed by atoms with van der Waals surface area (Å²) < 4.78 is 0. The molecule has 0 saturated carbocycles. The largest absolute Gasteiger partial charge is 0.353 e. The molecule has 1 aromatic rings. The minimum Gasteiger partial charge on any atom is -0.353 e. The number of thioether (sulfide) groups is 1. The number of hydrogen-bond donors (Lipinski definition) is 2. The van der Waals surface area contributed by atoms with Crippen molar-refractivity contribution >= 4 is 17.7 Å². The maximum atomic E-state index is 12.5. The maximum Gasteiger partial charge on any atom is 0.221 e. The van der Waals surface area contributed by atoms with E-state index in [0.29, 0.717) is 24.3 Å². The van der Waals surface area contributed by atoms with Crippen molar-refractivity contribution in [3.8, 4) is 0 Å². The summed E-state index contributed by atoms with van der Waals surface area (Å²) in [5.74, 6) is 3.37. The normalized spacial score (nSPS) is 30.8. The Morgan fingerprint density at radius 2 is 1.96 bits per heavy atom. The monoisotopic (exact) mass is 361 g/mol. The predicted octanol–water partition coefficient (Wildman–Crippen LogP) is 2.35. The SMILES string of the molecule is CC1CN(Cc2ccccc2)CC(C)C1NC(=O)CC1CSCCN1. The first-order valence-electron chi connectivity index (χ1n) is 9.48. The van der Waals surface area contributed by atoms with Gasteiger partial charge in [-0.3, -0.25) is 9.69 Å².